The third-order valence-electron chi connectivity index (χ3n) is 3.90. The van der Waals surface area contributed by atoms with Crippen molar-refractivity contribution in [3.05, 3.63) is 34.9 Å². The molecule has 0 saturated heterocycles. The van der Waals surface area contributed by atoms with Crippen LogP contribution < -0.4 is 5.73 Å². The minimum Gasteiger partial charge on any atom is -0.324 e. The lowest BCUT2D eigenvalue weighted by Crippen LogP contribution is -2.22. The summed E-state index contributed by atoms with van der Waals surface area (Å²) in [7, 11) is 0. The fourth-order valence-corrected chi connectivity index (χ4v) is 2.80. The van der Waals surface area contributed by atoms with Crippen LogP contribution in [0.3, 0.4) is 0 Å². The Kier molecular flexibility index (Phi) is 3.48. The zero-order valence-electron chi connectivity index (χ0n) is 10.3. The van der Waals surface area contributed by atoms with Gasteiger partial charge in [-0.3, -0.25) is 0 Å². The van der Waals surface area contributed by atoms with Crippen molar-refractivity contribution < 1.29 is 8.78 Å². The Morgan fingerprint density at radius 3 is 2.59 bits per heavy atom. The maximum absolute atomic E-state index is 13.9. The zero-order valence-corrected chi connectivity index (χ0v) is 10.3. The van der Waals surface area contributed by atoms with E-state index in [2.05, 4.69) is 6.92 Å². The highest BCUT2D eigenvalue weighted by atomic mass is 19.1. The molecule has 2 N–H and O–H groups in total. The van der Waals surface area contributed by atoms with Crippen molar-refractivity contribution in [2.75, 3.05) is 0 Å². The molecule has 94 valence electrons. The van der Waals surface area contributed by atoms with Crippen molar-refractivity contribution >= 4 is 0 Å². The summed E-state index contributed by atoms with van der Waals surface area (Å²) in [5.41, 5.74) is 6.59. The molecular weight excluding hydrogens is 220 g/mol. The van der Waals surface area contributed by atoms with Crippen LogP contribution in [0.2, 0.25) is 0 Å². The predicted octanol–water partition coefficient (Wildman–Crippen LogP) is 3.71. The highest BCUT2D eigenvalue weighted by molar-refractivity contribution is 5.29. The van der Waals surface area contributed by atoms with E-state index in [1.165, 1.54) is 12.1 Å². The van der Waals surface area contributed by atoms with Crippen LogP contribution in [0.1, 0.15) is 43.4 Å². The van der Waals surface area contributed by atoms with Crippen molar-refractivity contribution in [1.82, 2.24) is 0 Å². The first-order valence-electron chi connectivity index (χ1n) is 6.20. The van der Waals surface area contributed by atoms with Crippen LogP contribution in [0.15, 0.2) is 12.1 Å². The summed E-state index contributed by atoms with van der Waals surface area (Å²) in [6.45, 7) is 3.80. The summed E-state index contributed by atoms with van der Waals surface area (Å²) >= 11 is 0. The third kappa shape index (κ3) is 2.34. The highest BCUT2D eigenvalue weighted by Gasteiger charge is 2.30. The Hall–Kier alpha value is -0.960. The van der Waals surface area contributed by atoms with E-state index >= 15 is 0 Å². The second-order valence-corrected chi connectivity index (χ2v) is 5.30. The zero-order chi connectivity index (χ0) is 12.6. The van der Waals surface area contributed by atoms with Crippen molar-refractivity contribution in [3.63, 3.8) is 0 Å². The van der Waals surface area contributed by atoms with Crippen LogP contribution in [0, 0.1) is 30.4 Å². The van der Waals surface area contributed by atoms with Gasteiger partial charge in [-0.2, -0.15) is 0 Å². The number of halogens is 2. The van der Waals surface area contributed by atoms with Crippen LogP contribution in [0.4, 0.5) is 8.78 Å². The molecule has 0 radical (unpaired) electrons. The predicted molar refractivity (Wildman–Crippen MR) is 64.5 cm³/mol. The highest BCUT2D eigenvalue weighted by Crippen LogP contribution is 2.39. The van der Waals surface area contributed by atoms with Gasteiger partial charge in [-0.15, -0.1) is 0 Å². The van der Waals surface area contributed by atoms with E-state index in [-0.39, 0.29) is 11.5 Å². The number of hydrogen-bond acceptors (Lipinski definition) is 1. The topological polar surface area (TPSA) is 26.0 Å². The second kappa shape index (κ2) is 4.73. The lowest BCUT2D eigenvalue weighted by molar-refractivity contribution is 0.398. The number of rotatable bonds is 2. The van der Waals surface area contributed by atoms with E-state index in [0.717, 1.165) is 19.3 Å². The molecule has 0 amide bonds. The third-order valence-corrected chi connectivity index (χ3v) is 3.90. The van der Waals surface area contributed by atoms with E-state index in [1.54, 1.807) is 6.92 Å². The van der Waals surface area contributed by atoms with Gasteiger partial charge in [-0.05, 0) is 43.2 Å². The molecule has 17 heavy (non-hydrogen) atoms. The molecule has 0 aromatic heterocycles. The maximum Gasteiger partial charge on any atom is 0.133 e. The Morgan fingerprint density at radius 2 is 2.00 bits per heavy atom. The van der Waals surface area contributed by atoms with Gasteiger partial charge in [-0.25, -0.2) is 8.78 Å². The molecule has 1 aliphatic carbocycles. The van der Waals surface area contributed by atoms with Gasteiger partial charge in [0.1, 0.15) is 11.6 Å². The van der Waals surface area contributed by atoms with E-state index < -0.39 is 17.7 Å². The number of aryl methyl sites for hydroxylation is 1. The summed E-state index contributed by atoms with van der Waals surface area (Å²) in [6.07, 6.45) is 3.04. The summed E-state index contributed by atoms with van der Waals surface area (Å²) in [5.74, 6) is -0.171. The van der Waals surface area contributed by atoms with Gasteiger partial charge in [0.15, 0.2) is 0 Å². The first-order chi connectivity index (χ1) is 8.00. The average molecular weight is 239 g/mol. The monoisotopic (exact) mass is 239 g/mol. The SMILES string of the molecule is Cc1ccc(F)c(C(N)C2CCC(C)C2)c1F. The summed E-state index contributed by atoms with van der Waals surface area (Å²) in [5, 5.41) is 0. The fourth-order valence-electron chi connectivity index (χ4n) is 2.80. The van der Waals surface area contributed by atoms with Gasteiger partial charge in [0, 0.05) is 11.6 Å². The van der Waals surface area contributed by atoms with Crippen LogP contribution in [0.5, 0.6) is 0 Å². The lowest BCUT2D eigenvalue weighted by atomic mass is 9.90. The molecule has 2 rings (SSSR count). The molecule has 1 saturated carbocycles. The standard InChI is InChI=1S/C14H19F2N/c1-8-3-5-10(7-8)14(17)12-11(15)6-4-9(2)13(12)16/h4,6,8,10,14H,3,5,7,17H2,1-2H3. The first kappa shape index (κ1) is 12.5. The van der Waals surface area contributed by atoms with Crippen LogP contribution in [-0.2, 0) is 0 Å². The maximum atomic E-state index is 13.9. The quantitative estimate of drug-likeness (QED) is 0.836. The smallest absolute Gasteiger partial charge is 0.133 e. The molecule has 1 aliphatic rings. The van der Waals surface area contributed by atoms with Crippen LogP contribution in [-0.4, -0.2) is 0 Å². The van der Waals surface area contributed by atoms with Crippen LogP contribution >= 0.6 is 0 Å². The van der Waals surface area contributed by atoms with E-state index in [1.807, 2.05) is 0 Å². The van der Waals surface area contributed by atoms with E-state index in [4.69, 9.17) is 5.73 Å². The molecule has 0 spiro atoms. The molecule has 3 heteroatoms. The molecule has 1 aromatic rings. The Bertz CT molecular complexity index is 417. The van der Waals surface area contributed by atoms with Gasteiger partial charge in [0.2, 0.25) is 0 Å². The van der Waals surface area contributed by atoms with Gasteiger partial charge in [-0.1, -0.05) is 19.4 Å². The fraction of sp³-hybridized carbons (Fsp3) is 0.571. The molecule has 1 fully saturated rings. The summed E-state index contributed by atoms with van der Waals surface area (Å²) < 4.78 is 27.7. The van der Waals surface area contributed by atoms with Crippen molar-refractivity contribution in [2.24, 2.45) is 17.6 Å². The Labute approximate surface area is 101 Å². The first-order valence-corrected chi connectivity index (χ1v) is 6.20. The molecule has 1 aromatic carbocycles. The molecular formula is C14H19F2N. The normalized spacial score (nSPS) is 26.2. The number of nitrogens with two attached hydrogens (primary N) is 1. The van der Waals surface area contributed by atoms with E-state index in [0.29, 0.717) is 11.5 Å². The van der Waals surface area contributed by atoms with Gasteiger partial charge < -0.3 is 5.73 Å². The van der Waals surface area contributed by atoms with Crippen LogP contribution in [0.25, 0.3) is 0 Å². The minimum absolute atomic E-state index is 0.0732. The van der Waals surface area contributed by atoms with E-state index in [9.17, 15) is 8.78 Å². The number of hydrogen-bond donors (Lipinski definition) is 1. The van der Waals surface area contributed by atoms with Crippen molar-refractivity contribution in [1.29, 1.82) is 0 Å². The molecule has 3 atom stereocenters. The molecule has 3 unspecified atom stereocenters. The Balaban J connectivity index is 2.30. The minimum atomic E-state index is -0.514. The largest absolute Gasteiger partial charge is 0.324 e. The molecule has 0 bridgehead atoms. The Morgan fingerprint density at radius 1 is 1.29 bits per heavy atom. The van der Waals surface area contributed by atoms with Gasteiger partial charge in [0.25, 0.3) is 0 Å². The molecule has 0 aliphatic heterocycles. The van der Waals surface area contributed by atoms with Crippen molar-refractivity contribution in [3.8, 4) is 0 Å². The molecule has 0 heterocycles. The van der Waals surface area contributed by atoms with Gasteiger partial charge >= 0.3 is 0 Å². The average Bonchev–Trinajstić information content (AvgIpc) is 2.71. The van der Waals surface area contributed by atoms with Crippen molar-refractivity contribution in [2.45, 2.75) is 39.2 Å². The molecule has 1 nitrogen and oxygen atoms in total. The second-order valence-electron chi connectivity index (χ2n) is 5.30. The summed E-state index contributed by atoms with van der Waals surface area (Å²) in [6, 6.07) is 2.25. The van der Waals surface area contributed by atoms with Gasteiger partial charge in [0.05, 0.1) is 0 Å². The lowest BCUT2D eigenvalue weighted by Gasteiger charge is -2.21. The number of benzene rings is 1. The summed E-state index contributed by atoms with van der Waals surface area (Å²) in [4.78, 5) is 0.